The van der Waals surface area contributed by atoms with Crippen molar-refractivity contribution in [3.63, 3.8) is 0 Å². The lowest BCUT2D eigenvalue weighted by molar-refractivity contribution is -0.136. The Bertz CT molecular complexity index is 771. The molecular formula is C19H20FNO3. The van der Waals surface area contributed by atoms with E-state index in [1.807, 2.05) is 13.8 Å². The van der Waals surface area contributed by atoms with E-state index < -0.39 is 5.60 Å². The molecule has 0 aromatic heterocycles. The molecule has 0 aliphatic carbocycles. The van der Waals surface area contributed by atoms with Crippen LogP contribution in [-0.4, -0.2) is 16.6 Å². The number of phenols is 1. The van der Waals surface area contributed by atoms with Crippen LogP contribution in [0.3, 0.4) is 0 Å². The zero-order valence-corrected chi connectivity index (χ0v) is 13.8. The van der Waals surface area contributed by atoms with Crippen molar-refractivity contribution in [3.8, 4) is 11.5 Å². The summed E-state index contributed by atoms with van der Waals surface area (Å²) in [5.74, 6) is -0.0330. The summed E-state index contributed by atoms with van der Waals surface area (Å²) >= 11 is 0. The van der Waals surface area contributed by atoms with Crippen LogP contribution in [0.5, 0.6) is 11.5 Å². The molecule has 24 heavy (non-hydrogen) atoms. The number of hydrogen-bond acceptors (Lipinski definition) is 3. The average molecular weight is 329 g/mol. The van der Waals surface area contributed by atoms with Gasteiger partial charge in [-0.15, -0.1) is 0 Å². The van der Waals surface area contributed by atoms with Crippen LogP contribution >= 0.6 is 0 Å². The Labute approximate surface area is 140 Å². The standard InChI is InChI=1S/C19H20FNO3/c1-3-19(4-2)18(23)21(12-13-7-5-6-8-15(13)20)16-10-9-14(22)11-17(16)24-19/h5-11,22H,3-4,12H2,1-2H3. The SMILES string of the molecule is CCC1(CC)Oc2cc(O)ccc2N(Cc2ccccc2F)C1=O. The summed E-state index contributed by atoms with van der Waals surface area (Å²) in [6, 6.07) is 11.0. The Morgan fingerprint density at radius 1 is 1.17 bits per heavy atom. The molecule has 2 aromatic carbocycles. The molecule has 0 fully saturated rings. The highest BCUT2D eigenvalue weighted by molar-refractivity contribution is 6.02. The number of carbonyl (C=O) groups is 1. The summed E-state index contributed by atoms with van der Waals surface area (Å²) in [5, 5.41) is 9.75. The Hall–Kier alpha value is -2.56. The number of ether oxygens (including phenoxy) is 1. The molecule has 0 radical (unpaired) electrons. The van der Waals surface area contributed by atoms with Crippen molar-refractivity contribution < 1.29 is 19.0 Å². The highest BCUT2D eigenvalue weighted by atomic mass is 19.1. The largest absolute Gasteiger partial charge is 0.508 e. The number of nitrogens with zero attached hydrogens (tertiary/aromatic N) is 1. The smallest absolute Gasteiger partial charge is 0.271 e. The number of hydrogen-bond donors (Lipinski definition) is 1. The minimum Gasteiger partial charge on any atom is -0.508 e. The number of phenolic OH excluding ortho intramolecular Hbond substituents is 1. The van der Waals surface area contributed by atoms with Crippen molar-refractivity contribution in [1.29, 1.82) is 0 Å². The minimum absolute atomic E-state index is 0.0649. The van der Waals surface area contributed by atoms with Crippen molar-refractivity contribution in [2.75, 3.05) is 4.90 Å². The van der Waals surface area contributed by atoms with Gasteiger partial charge in [0.05, 0.1) is 12.2 Å². The molecule has 3 rings (SSSR count). The third-order valence-electron chi connectivity index (χ3n) is 4.60. The number of carbonyl (C=O) groups excluding carboxylic acids is 1. The predicted molar refractivity (Wildman–Crippen MR) is 89.6 cm³/mol. The van der Waals surface area contributed by atoms with Crippen molar-refractivity contribution in [2.24, 2.45) is 0 Å². The molecule has 0 bridgehead atoms. The van der Waals surface area contributed by atoms with E-state index in [-0.39, 0.29) is 24.0 Å². The van der Waals surface area contributed by atoms with Gasteiger partial charge < -0.3 is 14.7 Å². The van der Waals surface area contributed by atoms with Gasteiger partial charge in [-0.1, -0.05) is 32.0 Å². The fourth-order valence-corrected chi connectivity index (χ4v) is 3.07. The first kappa shape index (κ1) is 16.3. The second kappa shape index (κ2) is 6.15. The molecule has 4 nitrogen and oxygen atoms in total. The molecule has 0 unspecified atom stereocenters. The monoisotopic (exact) mass is 329 g/mol. The van der Waals surface area contributed by atoms with Crippen LogP contribution in [0.1, 0.15) is 32.3 Å². The fraction of sp³-hybridized carbons (Fsp3) is 0.316. The van der Waals surface area contributed by atoms with Crippen LogP contribution in [0.25, 0.3) is 0 Å². The first-order valence-corrected chi connectivity index (χ1v) is 8.08. The molecule has 126 valence electrons. The van der Waals surface area contributed by atoms with Crippen molar-refractivity contribution in [1.82, 2.24) is 0 Å². The molecule has 0 saturated carbocycles. The fourth-order valence-electron chi connectivity index (χ4n) is 3.07. The van der Waals surface area contributed by atoms with Gasteiger partial charge in [-0.25, -0.2) is 4.39 Å². The van der Waals surface area contributed by atoms with E-state index >= 15 is 0 Å². The summed E-state index contributed by atoms with van der Waals surface area (Å²) in [4.78, 5) is 14.6. The average Bonchev–Trinajstić information content (AvgIpc) is 2.59. The molecule has 1 heterocycles. The highest BCUT2D eigenvalue weighted by Crippen LogP contribution is 2.42. The number of halogens is 1. The van der Waals surface area contributed by atoms with Crippen molar-refractivity contribution in [3.05, 3.63) is 53.8 Å². The summed E-state index contributed by atoms with van der Waals surface area (Å²) in [6.07, 6.45) is 0.983. The van der Waals surface area contributed by atoms with E-state index in [4.69, 9.17) is 4.74 Å². The van der Waals surface area contributed by atoms with Crippen LogP contribution in [-0.2, 0) is 11.3 Å². The quantitative estimate of drug-likeness (QED) is 0.922. The van der Waals surface area contributed by atoms with Crippen LogP contribution in [0.15, 0.2) is 42.5 Å². The van der Waals surface area contributed by atoms with E-state index in [0.717, 1.165) is 0 Å². The predicted octanol–water partition coefficient (Wildman–Crippen LogP) is 4.02. The Kier molecular flexibility index (Phi) is 4.18. The maximum absolute atomic E-state index is 14.1. The van der Waals surface area contributed by atoms with Crippen LogP contribution < -0.4 is 9.64 Å². The van der Waals surface area contributed by atoms with E-state index in [2.05, 4.69) is 0 Å². The number of fused-ring (bicyclic) bond motifs is 1. The van der Waals surface area contributed by atoms with Gasteiger partial charge in [-0.05, 0) is 31.0 Å². The van der Waals surface area contributed by atoms with E-state index in [1.165, 1.54) is 18.2 Å². The van der Waals surface area contributed by atoms with Gasteiger partial charge in [0.2, 0.25) is 0 Å². The lowest BCUT2D eigenvalue weighted by Gasteiger charge is -2.42. The van der Waals surface area contributed by atoms with Gasteiger partial charge in [0.25, 0.3) is 5.91 Å². The summed E-state index contributed by atoms with van der Waals surface area (Å²) in [5.41, 5.74) is -0.0158. The zero-order valence-electron chi connectivity index (χ0n) is 13.8. The molecular weight excluding hydrogens is 309 g/mol. The maximum atomic E-state index is 14.1. The second-order valence-electron chi connectivity index (χ2n) is 5.94. The number of amides is 1. The first-order valence-electron chi connectivity index (χ1n) is 8.08. The zero-order chi connectivity index (χ0) is 17.3. The van der Waals surface area contributed by atoms with Crippen LogP contribution in [0, 0.1) is 5.82 Å². The van der Waals surface area contributed by atoms with E-state index in [0.29, 0.717) is 29.8 Å². The Morgan fingerprint density at radius 2 is 1.88 bits per heavy atom. The van der Waals surface area contributed by atoms with Crippen molar-refractivity contribution in [2.45, 2.75) is 38.8 Å². The second-order valence-corrected chi connectivity index (χ2v) is 5.94. The van der Waals surface area contributed by atoms with Crippen LogP contribution in [0.4, 0.5) is 10.1 Å². The van der Waals surface area contributed by atoms with Gasteiger partial charge in [0.1, 0.15) is 17.3 Å². The lowest BCUT2D eigenvalue weighted by Crippen LogP contribution is -2.55. The van der Waals surface area contributed by atoms with E-state index in [1.54, 1.807) is 29.2 Å². The van der Waals surface area contributed by atoms with Crippen LogP contribution in [0.2, 0.25) is 0 Å². The number of benzene rings is 2. The van der Waals surface area contributed by atoms with Crippen molar-refractivity contribution >= 4 is 11.6 Å². The Balaban J connectivity index is 2.09. The molecule has 1 aliphatic rings. The number of aromatic hydroxyl groups is 1. The van der Waals surface area contributed by atoms with Gasteiger partial charge in [0, 0.05) is 11.6 Å². The normalized spacial score (nSPS) is 15.8. The Morgan fingerprint density at radius 3 is 2.54 bits per heavy atom. The van der Waals surface area contributed by atoms with E-state index in [9.17, 15) is 14.3 Å². The molecule has 5 heteroatoms. The minimum atomic E-state index is -0.994. The maximum Gasteiger partial charge on any atom is 0.271 e. The number of anilines is 1. The van der Waals surface area contributed by atoms with Gasteiger partial charge in [-0.2, -0.15) is 0 Å². The molecule has 2 aromatic rings. The summed E-state index contributed by atoms with van der Waals surface area (Å²) in [7, 11) is 0. The summed E-state index contributed by atoms with van der Waals surface area (Å²) in [6.45, 7) is 3.89. The third-order valence-corrected chi connectivity index (χ3v) is 4.60. The van der Waals surface area contributed by atoms with Gasteiger partial charge >= 0.3 is 0 Å². The molecule has 0 atom stereocenters. The summed E-state index contributed by atoms with van der Waals surface area (Å²) < 4.78 is 20.0. The van der Waals surface area contributed by atoms with Gasteiger partial charge in [0.15, 0.2) is 5.60 Å². The third kappa shape index (κ3) is 2.60. The topological polar surface area (TPSA) is 49.8 Å². The highest BCUT2D eigenvalue weighted by Gasteiger charge is 2.46. The number of rotatable bonds is 4. The molecule has 0 saturated heterocycles. The first-order chi connectivity index (χ1) is 11.5. The molecule has 1 amide bonds. The molecule has 1 aliphatic heterocycles. The molecule has 0 spiro atoms. The van der Waals surface area contributed by atoms with Gasteiger partial charge in [-0.3, -0.25) is 4.79 Å². The molecule has 1 N–H and O–H groups in total. The lowest BCUT2D eigenvalue weighted by atomic mass is 9.92.